The van der Waals surface area contributed by atoms with Crippen molar-refractivity contribution in [2.75, 3.05) is 24.7 Å². The molecule has 2 bridgehead atoms. The van der Waals surface area contributed by atoms with E-state index in [0.29, 0.717) is 11.2 Å². The van der Waals surface area contributed by atoms with Gasteiger partial charge < -0.3 is 34.9 Å². The van der Waals surface area contributed by atoms with Gasteiger partial charge in [0.2, 0.25) is 5.95 Å². The largest absolute Gasteiger partial charge is 0.386 e. The number of anilines is 2. The van der Waals surface area contributed by atoms with Gasteiger partial charge in [-0.2, -0.15) is 4.98 Å². The van der Waals surface area contributed by atoms with Crippen LogP contribution < -0.4 is 17.0 Å². The second kappa shape index (κ2) is 11.0. The molecule has 0 spiro atoms. The third-order valence-electron chi connectivity index (χ3n) is 7.15. The van der Waals surface area contributed by atoms with E-state index in [4.69, 9.17) is 50.8 Å². The second-order valence-electron chi connectivity index (χ2n) is 9.99. The number of nitrogen functional groups attached to an aromatic ring is 2. The normalized spacial score (nSPS) is 36.6. The predicted molar refractivity (Wildman–Crippen MR) is 154 cm³/mol. The van der Waals surface area contributed by atoms with E-state index in [1.807, 2.05) is 0 Å². The summed E-state index contributed by atoms with van der Waals surface area (Å²) in [5.41, 5.74) is 11.4. The molecule has 44 heavy (non-hydrogen) atoms. The molecule has 0 aromatic carbocycles. The minimum Gasteiger partial charge on any atom is -0.382 e. The van der Waals surface area contributed by atoms with Crippen LogP contribution in [0.25, 0.3) is 22.3 Å². The average Bonchev–Trinajstić information content (AvgIpc) is 3.72. The molecule has 0 aliphatic carbocycles. The molecule has 0 saturated carbocycles. The molecule has 4 aromatic heterocycles. The van der Waals surface area contributed by atoms with Crippen LogP contribution in [0.15, 0.2) is 23.8 Å². The van der Waals surface area contributed by atoms with Gasteiger partial charge in [0.1, 0.15) is 30.2 Å². The summed E-state index contributed by atoms with van der Waals surface area (Å²) < 4.78 is 66.4. The third kappa shape index (κ3) is 5.43. The third-order valence-corrected chi connectivity index (χ3v) is 10.3. The van der Waals surface area contributed by atoms with Crippen molar-refractivity contribution >= 4 is 71.7 Å². The van der Waals surface area contributed by atoms with Crippen molar-refractivity contribution < 1.29 is 41.4 Å². The number of aromatic nitrogens is 8. The maximum Gasteiger partial charge on any atom is 0.386 e. The van der Waals surface area contributed by atoms with E-state index in [9.17, 15) is 14.3 Å². The Balaban J connectivity index is 1.19. The van der Waals surface area contributed by atoms with Gasteiger partial charge in [0.25, 0.3) is 5.56 Å². The van der Waals surface area contributed by atoms with Crippen LogP contribution in [0.1, 0.15) is 18.9 Å². The Bertz CT molecular complexity index is 1910. The highest BCUT2D eigenvalue weighted by molar-refractivity contribution is 8.44. The van der Waals surface area contributed by atoms with Gasteiger partial charge in [-0.3, -0.25) is 28.0 Å². The monoisotopic (exact) mass is 692 g/mol. The Morgan fingerprint density at radius 2 is 1.77 bits per heavy atom. The summed E-state index contributed by atoms with van der Waals surface area (Å²) in [6.07, 6.45) is -5.24. The Labute approximate surface area is 255 Å². The van der Waals surface area contributed by atoms with Crippen molar-refractivity contribution in [3.63, 3.8) is 0 Å². The summed E-state index contributed by atoms with van der Waals surface area (Å²) in [5.74, 6) is -0.0960. The molecule has 19 nitrogen and oxygen atoms in total. The van der Waals surface area contributed by atoms with Crippen molar-refractivity contribution in [1.82, 2.24) is 39.0 Å². The van der Waals surface area contributed by atoms with Gasteiger partial charge in [-0.15, -0.1) is 0 Å². The Kier molecular flexibility index (Phi) is 7.53. The summed E-state index contributed by atoms with van der Waals surface area (Å²) in [5, 5.41) is 0. The summed E-state index contributed by atoms with van der Waals surface area (Å²) in [6.45, 7) is -9.22. The van der Waals surface area contributed by atoms with Crippen molar-refractivity contribution in [2.45, 2.75) is 49.5 Å². The lowest BCUT2D eigenvalue weighted by molar-refractivity contribution is -0.0583. The maximum absolute atomic E-state index is 16.0. The number of H-pyrrole nitrogens is 1. The fraction of sp³-hybridized carbons (Fsp3) is 0.500. The quantitative estimate of drug-likeness (QED) is 0.143. The second-order valence-corrected chi connectivity index (χ2v) is 15.7. The number of fused-ring (bicyclic) bond motifs is 5. The van der Waals surface area contributed by atoms with Crippen molar-refractivity contribution in [3.05, 3.63) is 29.3 Å². The highest BCUT2D eigenvalue weighted by Crippen LogP contribution is 2.58. The first-order chi connectivity index (χ1) is 20.9. The first kappa shape index (κ1) is 30.1. The average molecular weight is 693 g/mol. The molecule has 0 amide bonds. The van der Waals surface area contributed by atoms with Crippen molar-refractivity contribution in [3.8, 4) is 0 Å². The number of imidazole rings is 2. The molecule has 236 valence electrons. The topological polar surface area (TPSA) is 252 Å². The molecule has 3 fully saturated rings. The number of aromatic amines is 1. The first-order valence-electron chi connectivity index (χ1n) is 12.8. The standard InChI is InChI=1S/C20H23FN10O9P2S2/c21-10-13-9(38-19(10)31-6-27-12-16(31)28-20(23)29-17(12)32)3-36-41(33,43)39-8-1-7(2-35-42(34,44)40-13)37-18(8)30-5-26-11-14(22)24-4-25-15(11)30/h4-10,13,18-19H,1-3H2,(H,33,43)(H,34,44)(H2,22,24,25)(H3,23,28,29,32)/t7?,8-,9?,10-,13-,18-,19-,41?,42?/m1/s1. The van der Waals surface area contributed by atoms with Crippen molar-refractivity contribution in [1.29, 1.82) is 0 Å². The number of thiol groups is 1. The van der Waals surface area contributed by atoms with E-state index in [0.717, 1.165) is 10.9 Å². The Hall–Kier alpha value is -2.62. The molecule has 3 aliphatic rings. The van der Waals surface area contributed by atoms with Gasteiger partial charge >= 0.3 is 13.5 Å². The number of rotatable bonds is 2. The lowest BCUT2D eigenvalue weighted by Crippen LogP contribution is -2.34. The van der Waals surface area contributed by atoms with Crippen LogP contribution in [0, 0.1) is 0 Å². The minimum absolute atomic E-state index is 0.0756. The van der Waals surface area contributed by atoms with Gasteiger partial charge in [0.05, 0.1) is 32.0 Å². The number of hydrogen-bond donors (Lipinski definition) is 5. The number of nitrogens with one attached hydrogen (secondary N) is 1. The maximum atomic E-state index is 16.0. The van der Waals surface area contributed by atoms with Crippen LogP contribution in [0.4, 0.5) is 16.2 Å². The molecule has 3 saturated heterocycles. The molecule has 24 heteroatoms. The van der Waals surface area contributed by atoms with Crippen LogP contribution in [0.3, 0.4) is 0 Å². The molecule has 0 radical (unpaired) electrons. The summed E-state index contributed by atoms with van der Waals surface area (Å²) >= 11 is 9.33. The molecule has 4 aromatic rings. The highest BCUT2D eigenvalue weighted by atomic mass is 32.7. The van der Waals surface area contributed by atoms with Crippen LogP contribution in [-0.2, 0) is 43.9 Å². The smallest absolute Gasteiger partial charge is 0.382 e. The van der Waals surface area contributed by atoms with Gasteiger partial charge in [-0.05, 0) is 11.8 Å². The molecular weight excluding hydrogens is 669 g/mol. The van der Waals surface area contributed by atoms with Crippen molar-refractivity contribution in [2.24, 2.45) is 0 Å². The number of ether oxygens (including phenoxy) is 2. The molecule has 9 atom stereocenters. The number of nitrogens with zero attached hydrogens (tertiary/aromatic N) is 7. The fourth-order valence-electron chi connectivity index (χ4n) is 5.26. The lowest BCUT2D eigenvalue weighted by atomic mass is 10.1. The number of nitrogens with two attached hydrogens (primary N) is 2. The highest BCUT2D eigenvalue weighted by Gasteiger charge is 2.52. The van der Waals surface area contributed by atoms with Crippen LogP contribution in [0.5, 0.6) is 0 Å². The van der Waals surface area contributed by atoms with E-state index in [1.54, 1.807) is 0 Å². The van der Waals surface area contributed by atoms with Crippen LogP contribution >= 0.6 is 25.8 Å². The van der Waals surface area contributed by atoms with E-state index in [1.165, 1.54) is 17.2 Å². The lowest BCUT2D eigenvalue weighted by Gasteiger charge is -2.27. The zero-order valence-corrected chi connectivity index (χ0v) is 25.5. The SMILES string of the molecule is Nc1nc2c(ncn2[C@@H]2OC3COP(O)(=S)O[C@@H]4CC(COP(=O)(S)O[C@H]3[C@H]2F)O[C@H]4n2cnc3c(N)ncnc32)c(=O)[nH]1. The molecule has 3 aliphatic heterocycles. The van der Waals surface area contributed by atoms with E-state index >= 15 is 4.39 Å². The van der Waals surface area contributed by atoms with E-state index in [-0.39, 0.29) is 36.0 Å². The summed E-state index contributed by atoms with van der Waals surface area (Å²) in [7, 11) is 0. The van der Waals surface area contributed by atoms with Gasteiger partial charge in [0.15, 0.2) is 41.3 Å². The molecule has 7 heterocycles. The Morgan fingerprint density at radius 3 is 2.57 bits per heavy atom. The summed E-state index contributed by atoms with van der Waals surface area (Å²) in [4.78, 5) is 45.9. The molecule has 6 N–H and O–H groups in total. The number of hydrogen-bond acceptors (Lipinski definition) is 16. The first-order valence-corrected chi connectivity index (χ1v) is 18.1. The molecule has 7 rings (SSSR count). The van der Waals surface area contributed by atoms with E-state index < -0.39 is 68.7 Å². The van der Waals surface area contributed by atoms with Gasteiger partial charge in [-0.1, -0.05) is 12.2 Å². The summed E-state index contributed by atoms with van der Waals surface area (Å²) in [6, 6.07) is 0. The number of halogens is 1. The van der Waals surface area contributed by atoms with Crippen LogP contribution in [0.2, 0.25) is 0 Å². The molecule has 4 unspecified atom stereocenters. The fourth-order valence-corrected chi connectivity index (χ4v) is 8.20. The number of alkyl halides is 1. The van der Waals surface area contributed by atoms with Gasteiger partial charge in [-0.25, -0.2) is 28.9 Å². The Morgan fingerprint density at radius 1 is 1.02 bits per heavy atom. The zero-order valence-electron chi connectivity index (χ0n) is 22.0. The van der Waals surface area contributed by atoms with Gasteiger partial charge in [0, 0.05) is 6.42 Å². The molecular formula is C20H23FN10O9P2S2. The van der Waals surface area contributed by atoms with E-state index in [2.05, 4.69) is 42.2 Å². The van der Waals surface area contributed by atoms with Crippen LogP contribution in [-0.4, -0.2) is 87.7 Å². The minimum atomic E-state index is -4.27. The predicted octanol–water partition coefficient (Wildman–Crippen LogP) is 0.719. The zero-order chi connectivity index (χ0) is 31.0.